The molecule has 2 aromatic rings. The van der Waals surface area contributed by atoms with Gasteiger partial charge in [0.05, 0.1) is 6.04 Å². The Bertz CT molecular complexity index is 573. The van der Waals surface area contributed by atoms with Gasteiger partial charge in [0.25, 0.3) is 0 Å². The van der Waals surface area contributed by atoms with Crippen molar-refractivity contribution in [3.05, 3.63) is 70.2 Å². The van der Waals surface area contributed by atoms with E-state index in [1.165, 1.54) is 23.1 Å². The molecular formula is C19H23ClN2. The first-order valence-corrected chi connectivity index (χ1v) is 8.38. The minimum Gasteiger partial charge on any atom is -0.315 e. The number of hydrogen-bond donors (Lipinski definition) is 1. The minimum absolute atomic E-state index is 0.276. The quantitative estimate of drug-likeness (QED) is 0.920. The number of benzene rings is 2. The fourth-order valence-corrected chi connectivity index (χ4v) is 3.45. The van der Waals surface area contributed by atoms with Crippen LogP contribution in [-0.2, 0) is 0 Å². The maximum atomic E-state index is 6.25. The van der Waals surface area contributed by atoms with E-state index < -0.39 is 0 Å². The predicted octanol–water partition coefficient (Wildman–Crippen LogP) is 4.03. The van der Waals surface area contributed by atoms with Gasteiger partial charge in [-0.2, -0.15) is 0 Å². The fourth-order valence-electron chi connectivity index (χ4n) is 3.26. The SMILES string of the molecule is Cc1cccc(C(c2cccc(Cl)c2)N2CCCNCC2)c1. The standard InChI is InChI=1S/C19H23ClN2/c1-15-5-2-6-16(13-15)19(17-7-3-8-18(20)14-17)22-11-4-9-21-10-12-22/h2-3,5-8,13-14,19,21H,4,9-12H2,1H3. The van der Waals surface area contributed by atoms with Gasteiger partial charge in [-0.15, -0.1) is 0 Å². The molecule has 2 aromatic carbocycles. The second kappa shape index (κ2) is 7.28. The highest BCUT2D eigenvalue weighted by Crippen LogP contribution is 2.31. The van der Waals surface area contributed by atoms with Crippen molar-refractivity contribution in [2.45, 2.75) is 19.4 Å². The number of nitrogens with zero attached hydrogens (tertiary/aromatic N) is 1. The van der Waals surface area contributed by atoms with E-state index in [4.69, 9.17) is 11.6 Å². The van der Waals surface area contributed by atoms with Gasteiger partial charge in [-0.25, -0.2) is 0 Å². The van der Waals surface area contributed by atoms with Gasteiger partial charge < -0.3 is 5.32 Å². The van der Waals surface area contributed by atoms with Crippen molar-refractivity contribution in [1.82, 2.24) is 10.2 Å². The first-order valence-electron chi connectivity index (χ1n) is 8.01. The molecule has 1 aliphatic rings. The first-order chi connectivity index (χ1) is 10.7. The highest BCUT2D eigenvalue weighted by atomic mass is 35.5. The molecule has 1 N–H and O–H groups in total. The van der Waals surface area contributed by atoms with E-state index in [1.54, 1.807) is 0 Å². The summed E-state index contributed by atoms with van der Waals surface area (Å²) in [6.07, 6.45) is 1.18. The topological polar surface area (TPSA) is 15.3 Å². The Hall–Kier alpha value is -1.35. The number of hydrogen-bond acceptors (Lipinski definition) is 2. The smallest absolute Gasteiger partial charge is 0.0602 e. The van der Waals surface area contributed by atoms with Crippen LogP contribution in [0.15, 0.2) is 48.5 Å². The molecule has 1 saturated heterocycles. The lowest BCUT2D eigenvalue weighted by Crippen LogP contribution is -2.33. The van der Waals surface area contributed by atoms with E-state index in [1.807, 2.05) is 6.07 Å². The fraction of sp³-hybridized carbons (Fsp3) is 0.368. The van der Waals surface area contributed by atoms with Gasteiger partial charge in [-0.05, 0) is 43.1 Å². The number of halogens is 1. The molecule has 3 heteroatoms. The molecule has 22 heavy (non-hydrogen) atoms. The summed E-state index contributed by atoms with van der Waals surface area (Å²) in [5.74, 6) is 0. The van der Waals surface area contributed by atoms with Crippen molar-refractivity contribution in [2.75, 3.05) is 26.2 Å². The maximum absolute atomic E-state index is 6.25. The van der Waals surface area contributed by atoms with Crippen molar-refractivity contribution in [3.8, 4) is 0 Å². The molecule has 1 fully saturated rings. The van der Waals surface area contributed by atoms with Crippen molar-refractivity contribution in [2.24, 2.45) is 0 Å². The van der Waals surface area contributed by atoms with Crippen LogP contribution in [0.4, 0.5) is 0 Å². The molecule has 0 amide bonds. The lowest BCUT2D eigenvalue weighted by Gasteiger charge is -2.31. The van der Waals surface area contributed by atoms with Crippen LogP contribution in [0.3, 0.4) is 0 Å². The lowest BCUT2D eigenvalue weighted by molar-refractivity contribution is 0.241. The second-order valence-electron chi connectivity index (χ2n) is 6.01. The first kappa shape index (κ1) is 15.5. The Morgan fingerprint density at radius 2 is 1.77 bits per heavy atom. The molecule has 1 unspecified atom stereocenters. The number of rotatable bonds is 3. The maximum Gasteiger partial charge on any atom is 0.0602 e. The van der Waals surface area contributed by atoms with Gasteiger partial charge in [0, 0.05) is 24.7 Å². The van der Waals surface area contributed by atoms with Crippen molar-refractivity contribution in [1.29, 1.82) is 0 Å². The van der Waals surface area contributed by atoms with Gasteiger partial charge in [0.2, 0.25) is 0 Å². The van der Waals surface area contributed by atoms with E-state index in [-0.39, 0.29) is 6.04 Å². The third-order valence-electron chi connectivity index (χ3n) is 4.26. The van der Waals surface area contributed by atoms with Gasteiger partial charge in [-0.1, -0.05) is 53.6 Å². The Kier molecular flexibility index (Phi) is 5.14. The summed E-state index contributed by atoms with van der Waals surface area (Å²) in [5, 5.41) is 4.30. The molecular weight excluding hydrogens is 292 g/mol. The summed E-state index contributed by atoms with van der Waals surface area (Å²) in [6.45, 7) is 6.47. The molecule has 1 aliphatic heterocycles. The third-order valence-corrected chi connectivity index (χ3v) is 4.50. The molecule has 0 bridgehead atoms. The predicted molar refractivity (Wildman–Crippen MR) is 93.5 cm³/mol. The summed E-state index contributed by atoms with van der Waals surface area (Å²) < 4.78 is 0. The highest BCUT2D eigenvalue weighted by Gasteiger charge is 2.23. The summed E-state index contributed by atoms with van der Waals surface area (Å²) in [7, 11) is 0. The van der Waals surface area contributed by atoms with Crippen LogP contribution in [0.2, 0.25) is 5.02 Å². The van der Waals surface area contributed by atoms with Crippen LogP contribution in [0.5, 0.6) is 0 Å². The van der Waals surface area contributed by atoms with Crippen LogP contribution >= 0.6 is 11.6 Å². The van der Waals surface area contributed by atoms with Crippen molar-refractivity contribution >= 4 is 11.6 Å². The van der Waals surface area contributed by atoms with E-state index >= 15 is 0 Å². The average molecular weight is 315 g/mol. The average Bonchev–Trinajstić information content (AvgIpc) is 2.77. The Morgan fingerprint density at radius 1 is 1.00 bits per heavy atom. The van der Waals surface area contributed by atoms with Gasteiger partial charge in [0.1, 0.15) is 0 Å². The molecule has 3 rings (SSSR count). The summed E-state index contributed by atoms with van der Waals surface area (Å²) in [6, 6.07) is 17.4. The Morgan fingerprint density at radius 3 is 2.55 bits per heavy atom. The number of aryl methyl sites for hydroxylation is 1. The third kappa shape index (κ3) is 3.70. The van der Waals surface area contributed by atoms with Crippen LogP contribution in [0.1, 0.15) is 29.2 Å². The Balaban J connectivity index is 2.01. The molecule has 2 nitrogen and oxygen atoms in total. The largest absolute Gasteiger partial charge is 0.315 e. The van der Waals surface area contributed by atoms with Crippen LogP contribution in [0, 0.1) is 6.92 Å². The van der Waals surface area contributed by atoms with Gasteiger partial charge >= 0.3 is 0 Å². The van der Waals surface area contributed by atoms with Gasteiger partial charge in [-0.3, -0.25) is 4.90 Å². The molecule has 1 atom stereocenters. The van der Waals surface area contributed by atoms with Gasteiger partial charge in [0.15, 0.2) is 0 Å². The number of nitrogens with one attached hydrogen (secondary N) is 1. The van der Waals surface area contributed by atoms with Crippen LogP contribution in [-0.4, -0.2) is 31.1 Å². The van der Waals surface area contributed by atoms with Crippen LogP contribution < -0.4 is 5.32 Å². The monoisotopic (exact) mass is 314 g/mol. The van der Waals surface area contributed by atoms with E-state index in [0.717, 1.165) is 31.2 Å². The molecule has 0 radical (unpaired) electrons. The summed E-state index contributed by atoms with van der Waals surface area (Å²) in [5.41, 5.74) is 3.93. The zero-order chi connectivity index (χ0) is 15.4. The molecule has 0 aromatic heterocycles. The molecule has 0 aliphatic carbocycles. The molecule has 1 heterocycles. The van der Waals surface area contributed by atoms with E-state index in [2.05, 4.69) is 59.6 Å². The van der Waals surface area contributed by atoms with Crippen molar-refractivity contribution < 1.29 is 0 Å². The van der Waals surface area contributed by atoms with Crippen molar-refractivity contribution in [3.63, 3.8) is 0 Å². The molecule has 116 valence electrons. The minimum atomic E-state index is 0.276. The lowest BCUT2D eigenvalue weighted by atomic mass is 9.95. The zero-order valence-electron chi connectivity index (χ0n) is 13.1. The summed E-state index contributed by atoms with van der Waals surface area (Å²) in [4.78, 5) is 2.57. The second-order valence-corrected chi connectivity index (χ2v) is 6.45. The molecule has 0 saturated carbocycles. The normalized spacial score (nSPS) is 17.9. The highest BCUT2D eigenvalue weighted by molar-refractivity contribution is 6.30. The zero-order valence-corrected chi connectivity index (χ0v) is 13.8. The van der Waals surface area contributed by atoms with Crippen LogP contribution in [0.25, 0.3) is 0 Å². The molecule has 0 spiro atoms. The summed E-state index contributed by atoms with van der Waals surface area (Å²) >= 11 is 6.25. The van der Waals surface area contributed by atoms with E-state index in [9.17, 15) is 0 Å². The van der Waals surface area contributed by atoms with E-state index in [0.29, 0.717) is 0 Å². The Labute approximate surface area is 138 Å².